The van der Waals surface area contributed by atoms with E-state index in [0.29, 0.717) is 31.0 Å². The molecule has 2 aromatic carbocycles. The van der Waals surface area contributed by atoms with Crippen LogP contribution < -0.4 is 10.1 Å². The first-order chi connectivity index (χ1) is 16.1. The van der Waals surface area contributed by atoms with Gasteiger partial charge in [0, 0.05) is 13.1 Å². The van der Waals surface area contributed by atoms with E-state index in [4.69, 9.17) is 9.47 Å². The lowest BCUT2D eigenvalue weighted by Crippen LogP contribution is -2.58. The van der Waals surface area contributed by atoms with Gasteiger partial charge >= 0.3 is 5.97 Å². The Balaban J connectivity index is 1.46. The number of carbonyl (C=O) groups excluding carboxylic acids is 3. The average Bonchev–Trinajstić information content (AvgIpc) is 2.85. The minimum Gasteiger partial charge on any atom is -0.488 e. The van der Waals surface area contributed by atoms with Crippen LogP contribution in [0.4, 0.5) is 0 Å². The number of hydrogen-bond acceptors (Lipinski definition) is 5. The maximum atomic E-state index is 13.5. The number of ether oxygens (including phenoxy) is 2. The molecule has 4 rings (SSSR count). The largest absolute Gasteiger partial charge is 0.488 e. The molecule has 174 valence electrons. The van der Waals surface area contributed by atoms with E-state index in [0.717, 1.165) is 37.7 Å². The summed E-state index contributed by atoms with van der Waals surface area (Å²) < 4.78 is 11.5. The van der Waals surface area contributed by atoms with Crippen molar-refractivity contribution in [2.45, 2.75) is 57.3 Å². The minimum absolute atomic E-state index is 0.0887. The summed E-state index contributed by atoms with van der Waals surface area (Å²) in [6.45, 7) is 0.980. The molecule has 2 amide bonds. The Bertz CT molecular complexity index is 972. The zero-order chi connectivity index (χ0) is 23.0. The Morgan fingerprint density at radius 1 is 0.970 bits per heavy atom. The molecular weight excluding hydrogens is 420 g/mol. The van der Waals surface area contributed by atoms with Crippen LogP contribution in [0.2, 0.25) is 0 Å². The maximum absolute atomic E-state index is 13.5. The fraction of sp³-hybridized carbons (Fsp3) is 0.423. The van der Waals surface area contributed by atoms with Gasteiger partial charge in [-0.2, -0.15) is 0 Å². The van der Waals surface area contributed by atoms with Crippen LogP contribution in [0.5, 0.6) is 5.75 Å². The van der Waals surface area contributed by atoms with Crippen molar-refractivity contribution in [3.63, 3.8) is 0 Å². The normalized spacial score (nSPS) is 19.0. The average molecular weight is 451 g/mol. The number of amides is 2. The summed E-state index contributed by atoms with van der Waals surface area (Å²) in [5, 5.41) is 2.77. The van der Waals surface area contributed by atoms with Crippen molar-refractivity contribution in [1.29, 1.82) is 0 Å². The molecule has 0 radical (unpaired) electrons. The van der Waals surface area contributed by atoms with Crippen LogP contribution in [0.3, 0.4) is 0 Å². The number of para-hydroxylation sites is 1. The van der Waals surface area contributed by atoms with Gasteiger partial charge in [0.15, 0.2) is 0 Å². The summed E-state index contributed by atoms with van der Waals surface area (Å²) in [5.74, 6) is -0.655. The minimum atomic E-state index is -0.899. The molecule has 1 aliphatic heterocycles. The number of rotatable bonds is 7. The van der Waals surface area contributed by atoms with Crippen LogP contribution in [-0.4, -0.2) is 47.9 Å². The van der Waals surface area contributed by atoms with Gasteiger partial charge in [-0.05, 0) is 43.4 Å². The Kier molecular flexibility index (Phi) is 7.60. The molecule has 1 unspecified atom stereocenters. The Morgan fingerprint density at radius 3 is 2.48 bits per heavy atom. The van der Waals surface area contributed by atoms with E-state index in [9.17, 15) is 14.4 Å². The predicted molar refractivity (Wildman–Crippen MR) is 123 cm³/mol. The lowest BCUT2D eigenvalue weighted by Gasteiger charge is -2.35. The van der Waals surface area contributed by atoms with Crippen molar-refractivity contribution < 1.29 is 23.9 Å². The van der Waals surface area contributed by atoms with Gasteiger partial charge in [-0.3, -0.25) is 14.4 Å². The second kappa shape index (κ2) is 11.0. The summed E-state index contributed by atoms with van der Waals surface area (Å²) in [5.41, 5.74) is 1.36. The fourth-order valence-electron chi connectivity index (χ4n) is 4.39. The lowest BCUT2D eigenvalue weighted by molar-refractivity contribution is -0.153. The van der Waals surface area contributed by atoms with E-state index in [2.05, 4.69) is 5.32 Å². The number of nitrogens with zero attached hydrogens (tertiary/aromatic N) is 1. The third-order valence-electron chi connectivity index (χ3n) is 6.16. The number of benzene rings is 2. The van der Waals surface area contributed by atoms with E-state index in [1.54, 1.807) is 24.3 Å². The van der Waals surface area contributed by atoms with Crippen molar-refractivity contribution in [2.75, 3.05) is 13.1 Å². The summed E-state index contributed by atoms with van der Waals surface area (Å²) in [7, 11) is 0. The highest BCUT2D eigenvalue weighted by Gasteiger charge is 2.37. The van der Waals surface area contributed by atoms with Gasteiger partial charge in [-0.1, -0.05) is 48.9 Å². The number of nitrogens with one attached hydrogen (secondary N) is 1. The third kappa shape index (κ3) is 5.92. The number of piperazine rings is 1. The molecule has 1 N–H and O–H groups in total. The van der Waals surface area contributed by atoms with Gasteiger partial charge in [0.2, 0.25) is 5.91 Å². The molecule has 0 bridgehead atoms. The molecule has 2 aromatic rings. The molecule has 2 fully saturated rings. The molecular formula is C26H30N2O5. The molecule has 33 heavy (non-hydrogen) atoms. The van der Waals surface area contributed by atoms with E-state index in [-0.39, 0.29) is 24.3 Å². The van der Waals surface area contributed by atoms with Crippen molar-refractivity contribution in [2.24, 2.45) is 0 Å². The standard InChI is InChI=1S/C26H30N2O5/c29-24(33-20-11-5-2-6-12-20)17-22-25(30)27-15-16-28(22)26(31)21-13-7-8-14-23(21)32-18-19-9-3-1-4-10-19/h1,3-4,7-10,13-14,20,22H,2,5-6,11-12,15-18H2,(H,27,30). The second-order valence-corrected chi connectivity index (χ2v) is 8.53. The van der Waals surface area contributed by atoms with Crippen LogP contribution in [0.15, 0.2) is 54.6 Å². The number of esters is 1. The molecule has 1 heterocycles. The van der Waals surface area contributed by atoms with Gasteiger partial charge in [0.1, 0.15) is 24.5 Å². The first-order valence-electron chi connectivity index (χ1n) is 11.7. The van der Waals surface area contributed by atoms with Crippen molar-refractivity contribution >= 4 is 17.8 Å². The van der Waals surface area contributed by atoms with Gasteiger partial charge < -0.3 is 19.7 Å². The zero-order valence-corrected chi connectivity index (χ0v) is 18.7. The van der Waals surface area contributed by atoms with Gasteiger partial charge in [-0.15, -0.1) is 0 Å². The number of hydrogen-bond donors (Lipinski definition) is 1. The quantitative estimate of drug-likeness (QED) is 0.653. The molecule has 1 atom stereocenters. The molecule has 7 nitrogen and oxygen atoms in total. The van der Waals surface area contributed by atoms with Crippen LogP contribution in [0.1, 0.15) is 54.4 Å². The van der Waals surface area contributed by atoms with E-state index in [1.807, 2.05) is 30.3 Å². The zero-order valence-electron chi connectivity index (χ0n) is 18.7. The Labute approximate surface area is 194 Å². The van der Waals surface area contributed by atoms with E-state index in [1.165, 1.54) is 4.90 Å². The van der Waals surface area contributed by atoms with Crippen LogP contribution in [0, 0.1) is 0 Å². The second-order valence-electron chi connectivity index (χ2n) is 8.53. The van der Waals surface area contributed by atoms with Gasteiger partial charge in [0.25, 0.3) is 5.91 Å². The molecule has 1 saturated carbocycles. The van der Waals surface area contributed by atoms with Crippen molar-refractivity contribution in [1.82, 2.24) is 10.2 Å². The first-order valence-corrected chi connectivity index (χ1v) is 11.7. The lowest BCUT2D eigenvalue weighted by atomic mass is 9.98. The highest BCUT2D eigenvalue weighted by molar-refractivity contribution is 6.01. The van der Waals surface area contributed by atoms with Gasteiger partial charge in [-0.25, -0.2) is 0 Å². The van der Waals surface area contributed by atoms with Crippen LogP contribution >= 0.6 is 0 Å². The number of carbonyl (C=O) groups is 3. The first kappa shape index (κ1) is 22.8. The van der Waals surface area contributed by atoms with E-state index >= 15 is 0 Å². The molecule has 0 spiro atoms. The summed E-state index contributed by atoms with van der Waals surface area (Å²) in [6.07, 6.45) is 4.73. The van der Waals surface area contributed by atoms with E-state index < -0.39 is 12.0 Å². The predicted octanol–water partition coefficient (Wildman–Crippen LogP) is 3.47. The van der Waals surface area contributed by atoms with Gasteiger partial charge in [0.05, 0.1) is 12.0 Å². The highest BCUT2D eigenvalue weighted by Crippen LogP contribution is 2.25. The van der Waals surface area contributed by atoms with Crippen molar-refractivity contribution in [3.8, 4) is 5.75 Å². The fourth-order valence-corrected chi connectivity index (χ4v) is 4.39. The maximum Gasteiger partial charge on any atom is 0.308 e. The molecule has 1 saturated heterocycles. The monoisotopic (exact) mass is 450 g/mol. The topological polar surface area (TPSA) is 84.9 Å². The Morgan fingerprint density at radius 2 is 1.70 bits per heavy atom. The highest BCUT2D eigenvalue weighted by atomic mass is 16.5. The summed E-state index contributed by atoms with van der Waals surface area (Å²) in [6, 6.07) is 15.8. The van der Waals surface area contributed by atoms with Crippen LogP contribution in [-0.2, 0) is 20.9 Å². The molecule has 0 aromatic heterocycles. The molecule has 2 aliphatic rings. The summed E-state index contributed by atoms with van der Waals surface area (Å²) in [4.78, 5) is 40.1. The van der Waals surface area contributed by atoms with Crippen LogP contribution in [0.25, 0.3) is 0 Å². The summed E-state index contributed by atoms with van der Waals surface area (Å²) >= 11 is 0. The third-order valence-corrected chi connectivity index (χ3v) is 6.16. The van der Waals surface area contributed by atoms with Crippen molar-refractivity contribution in [3.05, 3.63) is 65.7 Å². The molecule has 1 aliphatic carbocycles. The Hall–Kier alpha value is -3.35. The SMILES string of the molecule is O=C(CC1C(=O)NCCN1C(=O)c1ccccc1OCc1ccccc1)OC1CCCCC1. The smallest absolute Gasteiger partial charge is 0.308 e. The molecule has 7 heteroatoms.